The van der Waals surface area contributed by atoms with Crippen molar-refractivity contribution < 1.29 is 4.74 Å². The molecule has 1 aromatic heterocycles. The van der Waals surface area contributed by atoms with Gasteiger partial charge in [-0.2, -0.15) is 0 Å². The Morgan fingerprint density at radius 3 is 2.95 bits per heavy atom. The fourth-order valence-electron chi connectivity index (χ4n) is 1.75. The summed E-state index contributed by atoms with van der Waals surface area (Å²) in [4.78, 5) is 9.84. The summed E-state index contributed by atoms with van der Waals surface area (Å²) in [6.45, 7) is 4.64. The molecule has 0 amide bonds. The summed E-state index contributed by atoms with van der Waals surface area (Å²) >= 11 is 0. The smallest absolute Gasteiger partial charge is 0.201 e. The number of aromatic amines is 1. The van der Waals surface area contributed by atoms with Crippen molar-refractivity contribution in [3.63, 3.8) is 0 Å². The number of nitrogens with zero attached hydrogens (tertiary/aromatic N) is 2. The molecule has 19 heavy (non-hydrogen) atoms. The van der Waals surface area contributed by atoms with Crippen LogP contribution in [0.15, 0.2) is 18.2 Å². The first-order valence-electron chi connectivity index (χ1n) is 6.70. The summed E-state index contributed by atoms with van der Waals surface area (Å²) in [7, 11) is 4.07. The second kappa shape index (κ2) is 6.43. The van der Waals surface area contributed by atoms with Crippen LogP contribution in [0.3, 0.4) is 0 Å². The molecule has 2 N–H and O–H groups in total. The van der Waals surface area contributed by atoms with Gasteiger partial charge in [0.25, 0.3) is 0 Å². The Morgan fingerprint density at radius 1 is 1.37 bits per heavy atom. The first kappa shape index (κ1) is 13.7. The molecule has 0 spiro atoms. The van der Waals surface area contributed by atoms with Crippen molar-refractivity contribution >= 4 is 17.0 Å². The standard InChI is InChI=1S/C14H22N4O/c1-4-7-15-14-16-12-6-5-11(10-13(12)17-14)19-9-8-18(2)3/h5-6,10H,4,7-9H2,1-3H3,(H2,15,16,17). The van der Waals surface area contributed by atoms with Crippen LogP contribution in [0.5, 0.6) is 5.75 Å². The molecular weight excluding hydrogens is 240 g/mol. The molecule has 0 radical (unpaired) electrons. The van der Waals surface area contributed by atoms with Gasteiger partial charge in [0.15, 0.2) is 0 Å². The fourth-order valence-corrected chi connectivity index (χ4v) is 1.75. The molecule has 0 aliphatic heterocycles. The lowest BCUT2D eigenvalue weighted by Crippen LogP contribution is -2.19. The predicted molar refractivity (Wildman–Crippen MR) is 78.9 cm³/mol. The average molecular weight is 262 g/mol. The van der Waals surface area contributed by atoms with Crippen LogP contribution in [0.25, 0.3) is 11.0 Å². The quantitative estimate of drug-likeness (QED) is 0.804. The third-order valence-corrected chi connectivity index (χ3v) is 2.80. The van der Waals surface area contributed by atoms with Gasteiger partial charge in [0.05, 0.1) is 11.0 Å². The zero-order chi connectivity index (χ0) is 13.7. The number of ether oxygens (including phenoxy) is 1. The molecule has 104 valence electrons. The maximum Gasteiger partial charge on any atom is 0.201 e. The maximum atomic E-state index is 5.70. The summed E-state index contributed by atoms with van der Waals surface area (Å²) < 4.78 is 5.70. The molecule has 5 heteroatoms. The van der Waals surface area contributed by atoms with Crippen molar-refractivity contribution in [2.75, 3.05) is 39.1 Å². The number of anilines is 1. The molecule has 0 aliphatic rings. The number of rotatable bonds is 7. The van der Waals surface area contributed by atoms with Crippen LogP contribution in [-0.2, 0) is 0 Å². The van der Waals surface area contributed by atoms with Gasteiger partial charge in [-0.15, -0.1) is 0 Å². The van der Waals surface area contributed by atoms with Gasteiger partial charge >= 0.3 is 0 Å². The van der Waals surface area contributed by atoms with Crippen LogP contribution in [0, 0.1) is 0 Å². The topological polar surface area (TPSA) is 53.2 Å². The van der Waals surface area contributed by atoms with E-state index in [9.17, 15) is 0 Å². The van der Waals surface area contributed by atoms with Gasteiger partial charge in [-0.3, -0.25) is 0 Å². The third-order valence-electron chi connectivity index (χ3n) is 2.80. The fraction of sp³-hybridized carbons (Fsp3) is 0.500. The molecule has 0 atom stereocenters. The minimum absolute atomic E-state index is 0.684. The monoisotopic (exact) mass is 262 g/mol. The Balaban J connectivity index is 2.03. The Kier molecular flexibility index (Phi) is 4.63. The van der Waals surface area contributed by atoms with Crippen LogP contribution < -0.4 is 10.1 Å². The molecule has 5 nitrogen and oxygen atoms in total. The summed E-state index contributed by atoms with van der Waals surface area (Å²) in [6, 6.07) is 5.95. The number of likely N-dealkylation sites (N-methyl/N-ethyl adjacent to an activating group) is 1. The van der Waals surface area contributed by atoms with Crippen molar-refractivity contribution in [2.24, 2.45) is 0 Å². The Bertz CT molecular complexity index is 521. The molecule has 0 aliphatic carbocycles. The van der Waals surface area contributed by atoms with Crippen molar-refractivity contribution in [3.05, 3.63) is 18.2 Å². The van der Waals surface area contributed by atoms with Gasteiger partial charge in [0.2, 0.25) is 5.95 Å². The number of fused-ring (bicyclic) bond motifs is 1. The lowest BCUT2D eigenvalue weighted by molar-refractivity contribution is 0.261. The van der Waals surface area contributed by atoms with Crippen LogP contribution in [-0.4, -0.2) is 48.7 Å². The van der Waals surface area contributed by atoms with Crippen LogP contribution in [0.4, 0.5) is 5.95 Å². The van der Waals surface area contributed by atoms with Crippen molar-refractivity contribution in [3.8, 4) is 5.75 Å². The summed E-state index contributed by atoms with van der Waals surface area (Å²) in [5.74, 6) is 1.69. The van der Waals surface area contributed by atoms with Crippen LogP contribution in [0.2, 0.25) is 0 Å². The minimum atomic E-state index is 0.684. The number of nitrogens with one attached hydrogen (secondary N) is 2. The predicted octanol–water partition coefficient (Wildman–Crippen LogP) is 2.33. The minimum Gasteiger partial charge on any atom is -0.492 e. The van der Waals surface area contributed by atoms with E-state index in [4.69, 9.17) is 4.74 Å². The lowest BCUT2D eigenvalue weighted by Gasteiger charge is -2.10. The van der Waals surface area contributed by atoms with Gasteiger partial charge in [0.1, 0.15) is 12.4 Å². The molecule has 0 fully saturated rings. The number of aromatic nitrogens is 2. The molecule has 0 bridgehead atoms. The van der Waals surface area contributed by atoms with E-state index in [1.165, 1.54) is 0 Å². The van der Waals surface area contributed by atoms with E-state index in [0.717, 1.165) is 42.2 Å². The Hall–Kier alpha value is -1.75. The van der Waals surface area contributed by atoms with Gasteiger partial charge in [-0.25, -0.2) is 4.98 Å². The lowest BCUT2D eigenvalue weighted by atomic mass is 10.3. The van der Waals surface area contributed by atoms with Crippen LogP contribution in [0.1, 0.15) is 13.3 Å². The third kappa shape index (κ3) is 3.86. The van der Waals surface area contributed by atoms with Crippen molar-refractivity contribution in [2.45, 2.75) is 13.3 Å². The van der Waals surface area contributed by atoms with E-state index in [0.29, 0.717) is 6.61 Å². The Morgan fingerprint density at radius 2 is 2.21 bits per heavy atom. The highest BCUT2D eigenvalue weighted by Crippen LogP contribution is 2.20. The maximum absolute atomic E-state index is 5.70. The largest absolute Gasteiger partial charge is 0.492 e. The highest BCUT2D eigenvalue weighted by Gasteiger charge is 2.04. The Labute approximate surface area is 114 Å². The summed E-state index contributed by atoms with van der Waals surface area (Å²) in [5.41, 5.74) is 1.96. The second-order valence-electron chi connectivity index (χ2n) is 4.84. The SMILES string of the molecule is CCCNc1nc2cc(OCCN(C)C)ccc2[nH]1. The number of imidazole rings is 1. The highest BCUT2D eigenvalue weighted by atomic mass is 16.5. The average Bonchev–Trinajstić information content (AvgIpc) is 2.78. The van der Waals surface area contributed by atoms with Crippen molar-refractivity contribution in [1.29, 1.82) is 0 Å². The normalized spacial score (nSPS) is 11.2. The van der Waals surface area contributed by atoms with E-state index < -0.39 is 0 Å². The van der Waals surface area contributed by atoms with E-state index >= 15 is 0 Å². The number of hydrogen-bond donors (Lipinski definition) is 2. The molecule has 2 aromatic rings. The number of H-pyrrole nitrogens is 1. The van der Waals surface area contributed by atoms with E-state index in [1.54, 1.807) is 0 Å². The molecule has 1 aromatic carbocycles. The van der Waals surface area contributed by atoms with Gasteiger partial charge < -0.3 is 19.9 Å². The summed E-state index contributed by atoms with van der Waals surface area (Å²) in [6.07, 6.45) is 1.08. The zero-order valence-corrected chi connectivity index (χ0v) is 11.9. The van der Waals surface area contributed by atoms with E-state index in [2.05, 4.69) is 27.1 Å². The van der Waals surface area contributed by atoms with E-state index in [-0.39, 0.29) is 0 Å². The molecule has 0 saturated heterocycles. The zero-order valence-electron chi connectivity index (χ0n) is 11.9. The molecule has 0 saturated carbocycles. The molecule has 2 rings (SSSR count). The van der Waals surface area contributed by atoms with Gasteiger partial charge in [-0.05, 0) is 32.6 Å². The van der Waals surface area contributed by atoms with Crippen molar-refractivity contribution in [1.82, 2.24) is 14.9 Å². The summed E-state index contributed by atoms with van der Waals surface area (Å²) in [5, 5.41) is 3.25. The van der Waals surface area contributed by atoms with Crippen LogP contribution >= 0.6 is 0 Å². The van der Waals surface area contributed by atoms with Gasteiger partial charge in [0, 0.05) is 19.2 Å². The molecule has 1 heterocycles. The first-order chi connectivity index (χ1) is 9.19. The first-order valence-corrected chi connectivity index (χ1v) is 6.70. The molecular formula is C14H22N4O. The highest BCUT2D eigenvalue weighted by molar-refractivity contribution is 5.79. The number of benzene rings is 1. The van der Waals surface area contributed by atoms with Gasteiger partial charge in [-0.1, -0.05) is 6.92 Å². The van der Waals surface area contributed by atoms with E-state index in [1.807, 2.05) is 32.3 Å². The number of hydrogen-bond acceptors (Lipinski definition) is 4. The second-order valence-corrected chi connectivity index (χ2v) is 4.84. The molecule has 0 unspecified atom stereocenters.